The van der Waals surface area contributed by atoms with Gasteiger partial charge in [-0.05, 0) is 31.5 Å². The fourth-order valence-corrected chi connectivity index (χ4v) is 3.90. The second kappa shape index (κ2) is 9.27. The summed E-state index contributed by atoms with van der Waals surface area (Å²) in [7, 11) is 0. The largest absolute Gasteiger partial charge is 0.324 e. The average Bonchev–Trinajstić information content (AvgIpc) is 2.73. The van der Waals surface area contributed by atoms with Crippen molar-refractivity contribution in [2.75, 3.05) is 11.1 Å². The Balaban J connectivity index is 1.85. The van der Waals surface area contributed by atoms with Crippen LogP contribution in [0.3, 0.4) is 0 Å². The Kier molecular flexibility index (Phi) is 6.73. The number of rotatable bonds is 7. The Morgan fingerprint density at radius 3 is 2.77 bits per heavy atom. The van der Waals surface area contributed by atoms with E-state index in [-0.39, 0.29) is 33.8 Å². The summed E-state index contributed by atoms with van der Waals surface area (Å²) >= 11 is 7.16. The van der Waals surface area contributed by atoms with E-state index in [1.807, 2.05) is 13.8 Å². The topological polar surface area (TPSA) is 107 Å². The van der Waals surface area contributed by atoms with Crippen molar-refractivity contribution in [2.45, 2.75) is 31.5 Å². The minimum atomic E-state index is -0.565. The molecule has 1 heterocycles. The number of hydrogen-bond acceptors (Lipinski definition) is 6. The second-order valence-electron chi connectivity index (χ2n) is 6.60. The van der Waals surface area contributed by atoms with Crippen molar-refractivity contribution in [1.29, 1.82) is 0 Å². The van der Waals surface area contributed by atoms with Gasteiger partial charge < -0.3 is 5.32 Å². The van der Waals surface area contributed by atoms with E-state index in [0.717, 1.165) is 18.2 Å². The SMILES string of the molecule is CCC(C)n1c(SCC(=O)Nc2cc([N+](=O)[O-])ccc2Cl)nc2ccccc2c1=O. The number of thioether (sulfide) groups is 1. The number of amides is 1. The summed E-state index contributed by atoms with van der Waals surface area (Å²) in [6.07, 6.45) is 0.725. The molecule has 3 aromatic rings. The molecule has 3 rings (SSSR count). The van der Waals surface area contributed by atoms with Crippen molar-refractivity contribution < 1.29 is 9.72 Å². The molecule has 0 saturated carbocycles. The Bertz CT molecular complexity index is 1180. The monoisotopic (exact) mass is 446 g/mol. The van der Waals surface area contributed by atoms with Crippen LogP contribution < -0.4 is 10.9 Å². The molecular formula is C20H19ClN4O4S. The molecule has 0 fully saturated rings. The smallest absolute Gasteiger partial charge is 0.271 e. The highest BCUT2D eigenvalue weighted by Gasteiger charge is 2.17. The second-order valence-corrected chi connectivity index (χ2v) is 7.95. The first-order valence-electron chi connectivity index (χ1n) is 9.19. The molecule has 1 N–H and O–H groups in total. The molecule has 1 aromatic heterocycles. The lowest BCUT2D eigenvalue weighted by atomic mass is 10.2. The molecule has 0 saturated heterocycles. The van der Waals surface area contributed by atoms with E-state index in [4.69, 9.17) is 11.6 Å². The Morgan fingerprint density at radius 2 is 2.07 bits per heavy atom. The van der Waals surface area contributed by atoms with Gasteiger partial charge in [-0.3, -0.25) is 24.3 Å². The zero-order valence-corrected chi connectivity index (χ0v) is 17.9. The van der Waals surface area contributed by atoms with E-state index in [9.17, 15) is 19.7 Å². The number of nitrogens with zero attached hydrogens (tertiary/aromatic N) is 3. The van der Waals surface area contributed by atoms with E-state index < -0.39 is 10.8 Å². The number of carbonyl (C=O) groups is 1. The number of aromatic nitrogens is 2. The number of nitrogens with one attached hydrogen (secondary N) is 1. The Hall–Kier alpha value is -2.91. The lowest BCUT2D eigenvalue weighted by molar-refractivity contribution is -0.384. The number of non-ortho nitro benzene ring substituents is 1. The van der Waals surface area contributed by atoms with Crippen LogP contribution in [0.15, 0.2) is 52.4 Å². The highest BCUT2D eigenvalue weighted by Crippen LogP contribution is 2.27. The molecule has 1 atom stereocenters. The first-order chi connectivity index (χ1) is 14.3. The summed E-state index contributed by atoms with van der Waals surface area (Å²) in [5.74, 6) is -0.458. The standard InChI is InChI=1S/C20H19ClN4O4S/c1-3-12(2)24-19(27)14-6-4-5-7-16(14)23-20(24)30-11-18(26)22-17-10-13(25(28)29)8-9-15(17)21/h4-10,12H,3,11H2,1-2H3,(H,22,26). The van der Waals surface area contributed by atoms with Gasteiger partial charge in [-0.2, -0.15) is 0 Å². The maximum atomic E-state index is 13.0. The summed E-state index contributed by atoms with van der Waals surface area (Å²) in [4.78, 5) is 40.3. The fraction of sp³-hybridized carbons (Fsp3) is 0.250. The lowest BCUT2D eigenvalue weighted by Crippen LogP contribution is -2.26. The van der Waals surface area contributed by atoms with Crippen molar-refractivity contribution >= 4 is 51.5 Å². The van der Waals surface area contributed by atoms with E-state index in [2.05, 4.69) is 10.3 Å². The first-order valence-corrected chi connectivity index (χ1v) is 10.6. The normalized spacial score (nSPS) is 12.0. The van der Waals surface area contributed by atoms with E-state index >= 15 is 0 Å². The first kappa shape index (κ1) is 21.8. The van der Waals surface area contributed by atoms with Gasteiger partial charge in [0.05, 0.1) is 32.3 Å². The van der Waals surface area contributed by atoms with Gasteiger partial charge in [-0.1, -0.05) is 42.4 Å². The van der Waals surface area contributed by atoms with Crippen LogP contribution >= 0.6 is 23.4 Å². The molecule has 2 aromatic carbocycles. The predicted octanol–water partition coefficient (Wildman–Crippen LogP) is 4.66. The number of benzene rings is 2. The van der Waals surface area contributed by atoms with Crippen molar-refractivity contribution in [3.8, 4) is 0 Å². The number of hydrogen-bond donors (Lipinski definition) is 1. The molecule has 156 valence electrons. The number of anilines is 1. The summed E-state index contributed by atoms with van der Waals surface area (Å²) in [5, 5.41) is 14.7. The molecule has 0 bridgehead atoms. The molecular weight excluding hydrogens is 428 g/mol. The maximum absolute atomic E-state index is 13.0. The molecule has 0 aliphatic carbocycles. The van der Waals surface area contributed by atoms with Crippen molar-refractivity contribution in [2.24, 2.45) is 0 Å². The third-order valence-electron chi connectivity index (χ3n) is 4.57. The molecule has 0 spiro atoms. The molecule has 30 heavy (non-hydrogen) atoms. The van der Waals surface area contributed by atoms with Gasteiger partial charge in [0, 0.05) is 18.2 Å². The van der Waals surface area contributed by atoms with Crippen LogP contribution in [0, 0.1) is 10.1 Å². The zero-order valence-electron chi connectivity index (χ0n) is 16.3. The zero-order chi connectivity index (χ0) is 21.8. The number of halogens is 1. The summed E-state index contributed by atoms with van der Waals surface area (Å²) in [6, 6.07) is 10.8. The van der Waals surface area contributed by atoms with Crippen LogP contribution in [0.25, 0.3) is 10.9 Å². The van der Waals surface area contributed by atoms with Crippen molar-refractivity contribution in [3.05, 3.63) is 68.0 Å². The number of nitro groups is 1. The number of carbonyl (C=O) groups excluding carboxylic acids is 1. The minimum Gasteiger partial charge on any atom is -0.324 e. The quantitative estimate of drug-likeness (QED) is 0.245. The Morgan fingerprint density at radius 1 is 1.33 bits per heavy atom. The number of fused-ring (bicyclic) bond motifs is 1. The van der Waals surface area contributed by atoms with Crippen LogP contribution in [0.1, 0.15) is 26.3 Å². The van der Waals surface area contributed by atoms with Crippen LogP contribution in [0.2, 0.25) is 5.02 Å². The molecule has 10 heteroatoms. The predicted molar refractivity (Wildman–Crippen MR) is 118 cm³/mol. The van der Waals surface area contributed by atoms with Crippen LogP contribution in [0.4, 0.5) is 11.4 Å². The summed E-state index contributed by atoms with van der Waals surface area (Å²) < 4.78 is 1.60. The Labute approximate surface area is 181 Å². The summed E-state index contributed by atoms with van der Waals surface area (Å²) in [5.41, 5.74) is 0.387. The maximum Gasteiger partial charge on any atom is 0.271 e. The minimum absolute atomic E-state index is 0.0414. The average molecular weight is 447 g/mol. The van der Waals surface area contributed by atoms with E-state index in [1.54, 1.807) is 28.8 Å². The number of nitro benzene ring substituents is 1. The number of para-hydroxylation sites is 1. The van der Waals surface area contributed by atoms with Gasteiger partial charge in [-0.15, -0.1) is 0 Å². The van der Waals surface area contributed by atoms with Crippen LogP contribution in [-0.2, 0) is 4.79 Å². The lowest BCUT2D eigenvalue weighted by Gasteiger charge is -2.18. The fourth-order valence-electron chi connectivity index (χ4n) is 2.84. The highest BCUT2D eigenvalue weighted by molar-refractivity contribution is 7.99. The van der Waals surface area contributed by atoms with E-state index in [1.165, 1.54) is 18.2 Å². The van der Waals surface area contributed by atoms with Gasteiger partial charge in [0.1, 0.15) is 0 Å². The van der Waals surface area contributed by atoms with E-state index in [0.29, 0.717) is 16.1 Å². The van der Waals surface area contributed by atoms with Gasteiger partial charge in [0.25, 0.3) is 11.2 Å². The molecule has 8 nitrogen and oxygen atoms in total. The van der Waals surface area contributed by atoms with Gasteiger partial charge >= 0.3 is 0 Å². The third-order valence-corrected chi connectivity index (χ3v) is 5.86. The van der Waals surface area contributed by atoms with Gasteiger partial charge in [-0.25, -0.2) is 4.98 Å². The van der Waals surface area contributed by atoms with Crippen LogP contribution in [-0.4, -0.2) is 26.1 Å². The molecule has 0 aliphatic rings. The molecule has 0 radical (unpaired) electrons. The summed E-state index contributed by atoms with van der Waals surface area (Å²) in [6.45, 7) is 3.89. The molecule has 1 amide bonds. The van der Waals surface area contributed by atoms with Gasteiger partial charge in [0.15, 0.2) is 5.16 Å². The highest BCUT2D eigenvalue weighted by atomic mass is 35.5. The van der Waals surface area contributed by atoms with Gasteiger partial charge in [0.2, 0.25) is 5.91 Å². The molecule has 1 unspecified atom stereocenters. The molecule has 0 aliphatic heterocycles. The third kappa shape index (κ3) is 4.63. The van der Waals surface area contributed by atoms with Crippen molar-refractivity contribution in [3.63, 3.8) is 0 Å². The van der Waals surface area contributed by atoms with Crippen LogP contribution in [0.5, 0.6) is 0 Å². The van der Waals surface area contributed by atoms with Crippen molar-refractivity contribution in [1.82, 2.24) is 9.55 Å².